The number of nitrogen functional groups attached to an aromatic ring is 1. The van der Waals surface area contributed by atoms with Crippen molar-refractivity contribution in [1.29, 1.82) is 0 Å². The summed E-state index contributed by atoms with van der Waals surface area (Å²) in [5.41, 5.74) is 6.26. The molecule has 0 atom stereocenters. The molecular formula is C11H9F2N3O. The first-order valence-electron chi connectivity index (χ1n) is 4.76. The minimum Gasteiger partial charge on any atom is -0.397 e. The number of rotatable bonds is 2. The summed E-state index contributed by atoms with van der Waals surface area (Å²) in [6.07, 6.45) is 1.46. The third kappa shape index (κ3) is 2.41. The van der Waals surface area contributed by atoms with Gasteiger partial charge in [-0.3, -0.25) is 4.79 Å². The maximum atomic E-state index is 12.9. The van der Waals surface area contributed by atoms with Crippen molar-refractivity contribution in [3.8, 4) is 0 Å². The number of benzene rings is 1. The molecule has 0 spiro atoms. The van der Waals surface area contributed by atoms with Crippen LogP contribution < -0.4 is 11.1 Å². The summed E-state index contributed by atoms with van der Waals surface area (Å²) in [5.74, 6) is -2.46. The van der Waals surface area contributed by atoms with E-state index in [0.717, 1.165) is 12.1 Å². The molecule has 1 aromatic heterocycles. The third-order valence-corrected chi connectivity index (χ3v) is 2.13. The summed E-state index contributed by atoms with van der Waals surface area (Å²) >= 11 is 0. The van der Waals surface area contributed by atoms with Gasteiger partial charge >= 0.3 is 0 Å². The molecule has 2 rings (SSSR count). The van der Waals surface area contributed by atoms with Gasteiger partial charge in [0.15, 0.2) is 11.6 Å². The van der Waals surface area contributed by atoms with Gasteiger partial charge in [0.1, 0.15) is 5.69 Å². The first-order valence-corrected chi connectivity index (χ1v) is 4.76. The summed E-state index contributed by atoms with van der Waals surface area (Å²) in [6.45, 7) is 0. The summed E-state index contributed by atoms with van der Waals surface area (Å²) in [6, 6.07) is 4.55. The zero-order valence-electron chi connectivity index (χ0n) is 8.63. The number of aromatic nitrogens is 1. The van der Waals surface area contributed by atoms with Crippen LogP contribution in [0.3, 0.4) is 0 Å². The molecule has 0 bridgehead atoms. The topological polar surface area (TPSA) is 70.9 Å². The predicted octanol–water partition coefficient (Wildman–Crippen LogP) is 2.13. The summed E-state index contributed by atoms with van der Waals surface area (Å²) in [5, 5.41) is 2.41. The van der Waals surface area contributed by atoms with Gasteiger partial charge in [-0.2, -0.15) is 0 Å². The first-order chi connectivity index (χ1) is 8.06. The van der Waals surface area contributed by atoms with E-state index in [1.807, 2.05) is 0 Å². The molecule has 0 fully saturated rings. The molecule has 0 aliphatic rings. The predicted molar refractivity (Wildman–Crippen MR) is 59.5 cm³/mol. The fourth-order valence-corrected chi connectivity index (χ4v) is 1.31. The van der Waals surface area contributed by atoms with Crippen molar-refractivity contribution >= 4 is 17.3 Å². The first kappa shape index (κ1) is 11.1. The average molecular weight is 237 g/mol. The van der Waals surface area contributed by atoms with E-state index in [1.54, 1.807) is 0 Å². The van der Waals surface area contributed by atoms with E-state index in [4.69, 9.17) is 5.73 Å². The number of hydrogen-bond donors (Lipinski definition) is 3. The monoisotopic (exact) mass is 237 g/mol. The number of halogens is 2. The Morgan fingerprint density at radius 3 is 2.59 bits per heavy atom. The van der Waals surface area contributed by atoms with Gasteiger partial charge in [0.2, 0.25) is 0 Å². The Bertz CT molecular complexity index is 566. The Morgan fingerprint density at radius 2 is 2.00 bits per heavy atom. The Balaban J connectivity index is 2.15. The van der Waals surface area contributed by atoms with Crippen molar-refractivity contribution in [3.05, 3.63) is 47.8 Å². The lowest BCUT2D eigenvalue weighted by Crippen LogP contribution is -2.12. The van der Waals surface area contributed by atoms with E-state index in [0.29, 0.717) is 5.69 Å². The highest BCUT2D eigenvalue weighted by molar-refractivity contribution is 6.03. The summed E-state index contributed by atoms with van der Waals surface area (Å²) in [4.78, 5) is 14.3. The lowest BCUT2D eigenvalue weighted by atomic mass is 10.3. The third-order valence-electron chi connectivity index (χ3n) is 2.13. The van der Waals surface area contributed by atoms with Crippen molar-refractivity contribution in [3.63, 3.8) is 0 Å². The van der Waals surface area contributed by atoms with Gasteiger partial charge in [0.25, 0.3) is 5.91 Å². The fourth-order valence-electron chi connectivity index (χ4n) is 1.31. The van der Waals surface area contributed by atoms with Crippen molar-refractivity contribution < 1.29 is 13.6 Å². The van der Waals surface area contributed by atoms with Crippen LogP contribution in [0.4, 0.5) is 20.2 Å². The van der Waals surface area contributed by atoms with Crippen LogP contribution in [0.5, 0.6) is 0 Å². The van der Waals surface area contributed by atoms with Crippen LogP contribution in [0, 0.1) is 11.6 Å². The smallest absolute Gasteiger partial charge is 0.272 e. The van der Waals surface area contributed by atoms with E-state index in [1.165, 1.54) is 18.3 Å². The van der Waals surface area contributed by atoms with Crippen LogP contribution in [0.2, 0.25) is 0 Å². The van der Waals surface area contributed by atoms with Crippen molar-refractivity contribution in [2.45, 2.75) is 0 Å². The molecule has 0 radical (unpaired) electrons. The lowest BCUT2D eigenvalue weighted by molar-refractivity contribution is 0.102. The Labute approximate surface area is 95.4 Å². The largest absolute Gasteiger partial charge is 0.397 e. The van der Waals surface area contributed by atoms with Crippen LogP contribution >= 0.6 is 0 Å². The van der Waals surface area contributed by atoms with Crippen molar-refractivity contribution in [2.24, 2.45) is 0 Å². The van der Waals surface area contributed by atoms with E-state index >= 15 is 0 Å². The van der Waals surface area contributed by atoms with Crippen LogP contribution in [-0.2, 0) is 0 Å². The number of carbonyl (C=O) groups is 1. The highest BCUT2D eigenvalue weighted by Gasteiger charge is 2.09. The number of anilines is 2. The highest BCUT2D eigenvalue weighted by Crippen LogP contribution is 2.14. The maximum Gasteiger partial charge on any atom is 0.272 e. The minimum atomic E-state index is -1.02. The average Bonchev–Trinajstić information content (AvgIpc) is 2.70. The van der Waals surface area contributed by atoms with Crippen molar-refractivity contribution in [1.82, 2.24) is 4.98 Å². The number of nitrogens with one attached hydrogen (secondary N) is 2. The molecule has 0 saturated carbocycles. The standard InChI is InChI=1S/C11H9F2N3O/c12-8-2-1-7(4-9(8)13)16-11(17)10-3-6(14)5-15-10/h1-5,15H,14H2,(H,16,17). The molecule has 0 saturated heterocycles. The minimum absolute atomic E-state index is 0.169. The van der Waals surface area contributed by atoms with Gasteiger partial charge in [-0.15, -0.1) is 0 Å². The van der Waals surface area contributed by atoms with Crippen molar-refractivity contribution in [2.75, 3.05) is 11.1 Å². The molecule has 4 nitrogen and oxygen atoms in total. The number of amides is 1. The van der Waals surface area contributed by atoms with Gasteiger partial charge in [0.05, 0.1) is 0 Å². The second-order valence-corrected chi connectivity index (χ2v) is 3.43. The van der Waals surface area contributed by atoms with E-state index in [9.17, 15) is 13.6 Å². The quantitative estimate of drug-likeness (QED) is 0.748. The number of nitrogens with two attached hydrogens (primary N) is 1. The Morgan fingerprint density at radius 1 is 1.24 bits per heavy atom. The van der Waals surface area contributed by atoms with E-state index in [2.05, 4.69) is 10.3 Å². The van der Waals surface area contributed by atoms with Crippen LogP contribution in [0.25, 0.3) is 0 Å². The molecule has 2 aromatic rings. The summed E-state index contributed by atoms with van der Waals surface area (Å²) < 4.78 is 25.5. The number of aromatic amines is 1. The molecule has 1 aromatic carbocycles. The second kappa shape index (κ2) is 4.25. The fraction of sp³-hybridized carbons (Fsp3) is 0. The highest BCUT2D eigenvalue weighted by atomic mass is 19.2. The van der Waals surface area contributed by atoms with Crippen LogP contribution in [0.1, 0.15) is 10.5 Å². The number of hydrogen-bond acceptors (Lipinski definition) is 2. The van der Waals surface area contributed by atoms with Gasteiger partial charge < -0.3 is 16.0 Å². The zero-order chi connectivity index (χ0) is 12.4. The van der Waals surface area contributed by atoms with Crippen LogP contribution in [-0.4, -0.2) is 10.9 Å². The van der Waals surface area contributed by atoms with Gasteiger partial charge in [-0.1, -0.05) is 0 Å². The molecule has 0 unspecified atom stereocenters. The number of carbonyl (C=O) groups excluding carboxylic acids is 1. The van der Waals surface area contributed by atoms with Gasteiger partial charge in [0, 0.05) is 23.6 Å². The maximum absolute atomic E-state index is 12.9. The van der Waals surface area contributed by atoms with E-state index < -0.39 is 17.5 Å². The van der Waals surface area contributed by atoms with Gasteiger partial charge in [-0.05, 0) is 18.2 Å². The van der Waals surface area contributed by atoms with Gasteiger partial charge in [-0.25, -0.2) is 8.78 Å². The molecule has 4 N–H and O–H groups in total. The molecule has 17 heavy (non-hydrogen) atoms. The summed E-state index contributed by atoms with van der Waals surface area (Å²) in [7, 11) is 0. The molecule has 6 heteroatoms. The number of H-pyrrole nitrogens is 1. The Hall–Kier alpha value is -2.37. The SMILES string of the molecule is Nc1c[nH]c(C(=O)Nc2ccc(F)c(F)c2)c1. The Kier molecular flexibility index (Phi) is 2.78. The molecule has 1 heterocycles. The van der Waals surface area contributed by atoms with Crippen LogP contribution in [0.15, 0.2) is 30.5 Å². The second-order valence-electron chi connectivity index (χ2n) is 3.43. The molecule has 0 aliphatic carbocycles. The normalized spacial score (nSPS) is 10.2. The molecule has 88 valence electrons. The molecule has 0 aliphatic heterocycles. The zero-order valence-corrected chi connectivity index (χ0v) is 8.63. The van der Waals surface area contributed by atoms with E-state index in [-0.39, 0.29) is 11.4 Å². The molecular weight excluding hydrogens is 228 g/mol. The lowest BCUT2D eigenvalue weighted by Gasteiger charge is -2.03. The molecule has 1 amide bonds.